The first kappa shape index (κ1) is 22.1. The molecule has 0 spiro atoms. The summed E-state index contributed by atoms with van der Waals surface area (Å²) in [5.41, 5.74) is 1.07. The molecule has 0 aromatic carbocycles. The van der Waals surface area contributed by atoms with Gasteiger partial charge in [0.25, 0.3) is 0 Å². The molecule has 2 heterocycles. The van der Waals surface area contributed by atoms with Crippen molar-refractivity contribution < 1.29 is 14.7 Å². The molecule has 9 heteroatoms. The predicted octanol–water partition coefficient (Wildman–Crippen LogP) is 2.79. The third-order valence-electron chi connectivity index (χ3n) is 3.62. The van der Waals surface area contributed by atoms with Gasteiger partial charge in [-0.1, -0.05) is 12.8 Å². The highest BCUT2D eigenvalue weighted by molar-refractivity contribution is 5.93. The Hall–Kier alpha value is -1.86. The monoisotopic (exact) mass is 376 g/mol. The number of hydrogen-bond acceptors (Lipinski definition) is 4. The molecule has 1 aliphatic rings. The second-order valence-electron chi connectivity index (χ2n) is 5.51. The molecule has 0 unspecified atom stereocenters. The van der Waals surface area contributed by atoms with E-state index < -0.39 is 5.97 Å². The van der Waals surface area contributed by atoms with Gasteiger partial charge in [-0.2, -0.15) is 0 Å². The summed E-state index contributed by atoms with van der Waals surface area (Å²) in [5, 5.41) is 10.1. The molecule has 1 fully saturated rings. The normalized spacial score (nSPS) is 13.2. The van der Waals surface area contributed by atoms with E-state index in [9.17, 15) is 14.7 Å². The van der Waals surface area contributed by atoms with E-state index in [0.29, 0.717) is 5.69 Å². The van der Waals surface area contributed by atoms with Gasteiger partial charge in [0.05, 0.1) is 0 Å². The first-order valence-electron chi connectivity index (χ1n) is 7.20. The molecular formula is C15H22Cl2N4O3. The van der Waals surface area contributed by atoms with Crippen LogP contribution in [-0.4, -0.2) is 51.0 Å². The highest BCUT2D eigenvalue weighted by Gasteiger charge is 2.24. The van der Waals surface area contributed by atoms with Crippen molar-refractivity contribution in [2.45, 2.75) is 31.7 Å². The predicted molar refractivity (Wildman–Crippen MR) is 96.2 cm³/mol. The lowest BCUT2D eigenvalue weighted by molar-refractivity contribution is -0.115. The van der Waals surface area contributed by atoms with Gasteiger partial charge >= 0.3 is 5.97 Å². The molecule has 0 bridgehead atoms. The molecule has 0 radical (unpaired) electrons. The van der Waals surface area contributed by atoms with Crippen LogP contribution in [0.2, 0.25) is 0 Å². The van der Waals surface area contributed by atoms with Gasteiger partial charge in [0, 0.05) is 31.7 Å². The largest absolute Gasteiger partial charge is 0.477 e. The number of rotatable bonds is 3. The zero-order valence-electron chi connectivity index (χ0n) is 13.6. The van der Waals surface area contributed by atoms with Crippen LogP contribution in [0.15, 0.2) is 18.6 Å². The smallest absolute Gasteiger partial charge is 0.352 e. The number of aromatic carboxylic acids is 1. The van der Waals surface area contributed by atoms with Crippen LogP contribution >= 0.6 is 24.8 Å². The van der Waals surface area contributed by atoms with E-state index in [4.69, 9.17) is 0 Å². The van der Waals surface area contributed by atoms with E-state index >= 15 is 0 Å². The molecule has 2 aromatic rings. The van der Waals surface area contributed by atoms with Gasteiger partial charge in [-0.05, 0) is 18.9 Å². The maximum absolute atomic E-state index is 11.3. The van der Waals surface area contributed by atoms with Crippen LogP contribution in [0.3, 0.4) is 0 Å². The van der Waals surface area contributed by atoms with Gasteiger partial charge in [-0.15, -0.1) is 24.8 Å². The van der Waals surface area contributed by atoms with Crippen molar-refractivity contribution in [1.82, 2.24) is 19.4 Å². The number of carbonyl (C=O) groups is 2. The summed E-state index contributed by atoms with van der Waals surface area (Å²) in [6.45, 7) is 0. The molecule has 134 valence electrons. The quantitative estimate of drug-likeness (QED) is 0.831. The number of fused-ring (bicyclic) bond motifs is 1. The Balaban J connectivity index is 0.000000673. The maximum atomic E-state index is 11.3. The number of aromatic nitrogens is 3. The third kappa shape index (κ3) is 5.07. The minimum Gasteiger partial charge on any atom is -0.477 e. The van der Waals surface area contributed by atoms with Gasteiger partial charge in [-0.25, -0.2) is 14.8 Å². The number of hydrogen-bond donors (Lipinski definition) is 1. The summed E-state index contributed by atoms with van der Waals surface area (Å²) in [4.78, 5) is 30.3. The van der Waals surface area contributed by atoms with E-state index in [1.54, 1.807) is 26.4 Å². The lowest BCUT2D eigenvalue weighted by Crippen LogP contribution is -2.13. The molecule has 7 nitrogen and oxygen atoms in total. The van der Waals surface area contributed by atoms with Gasteiger partial charge < -0.3 is 14.6 Å². The Kier molecular flexibility index (Phi) is 9.32. The second-order valence-corrected chi connectivity index (χ2v) is 5.51. The van der Waals surface area contributed by atoms with Crippen LogP contribution in [-0.2, 0) is 4.79 Å². The summed E-state index contributed by atoms with van der Waals surface area (Å²) in [6, 6.07) is 1.93. The average Bonchev–Trinajstić information content (AvgIpc) is 3.14. The second kappa shape index (κ2) is 10.1. The highest BCUT2D eigenvalue weighted by atomic mass is 35.5. The summed E-state index contributed by atoms with van der Waals surface area (Å²) < 4.78 is 1.87. The van der Waals surface area contributed by atoms with E-state index in [1.807, 2.05) is 4.57 Å². The summed E-state index contributed by atoms with van der Waals surface area (Å²) >= 11 is 0. The molecular weight excluding hydrogens is 355 g/mol. The SMILES string of the molecule is CN(C)C=O.Cl.Cl.O=C(O)c1cc2cncnc2n1C1CCCC1. The number of halogens is 2. The lowest BCUT2D eigenvalue weighted by Gasteiger charge is -2.14. The summed E-state index contributed by atoms with van der Waals surface area (Å²) in [6.07, 6.45) is 8.28. The van der Waals surface area contributed by atoms with Gasteiger partial charge in [0.2, 0.25) is 6.41 Å². The molecule has 24 heavy (non-hydrogen) atoms. The molecule has 0 atom stereocenters. The minimum absolute atomic E-state index is 0. The fourth-order valence-corrected chi connectivity index (χ4v) is 2.66. The lowest BCUT2D eigenvalue weighted by atomic mass is 10.2. The van der Waals surface area contributed by atoms with Gasteiger partial charge in [0.1, 0.15) is 17.7 Å². The van der Waals surface area contributed by atoms with Crippen LogP contribution < -0.4 is 0 Å². The molecule has 0 saturated heterocycles. The van der Waals surface area contributed by atoms with Crippen molar-refractivity contribution >= 4 is 48.2 Å². The Labute approximate surface area is 152 Å². The molecule has 1 N–H and O–H groups in total. The first-order valence-corrected chi connectivity index (χ1v) is 7.20. The van der Waals surface area contributed by atoms with Crippen molar-refractivity contribution in [2.24, 2.45) is 0 Å². The van der Waals surface area contributed by atoms with Crippen LogP contribution in [0.25, 0.3) is 11.0 Å². The zero-order valence-corrected chi connectivity index (χ0v) is 15.2. The number of nitrogens with zero attached hydrogens (tertiary/aromatic N) is 4. The summed E-state index contributed by atoms with van der Waals surface area (Å²) in [5.74, 6) is -0.894. The Bertz CT molecular complexity index is 670. The average molecular weight is 377 g/mol. The number of amides is 1. The zero-order chi connectivity index (χ0) is 16.1. The number of carbonyl (C=O) groups excluding carboxylic acids is 1. The van der Waals surface area contributed by atoms with Crippen molar-refractivity contribution in [3.63, 3.8) is 0 Å². The molecule has 1 aliphatic carbocycles. The Morgan fingerprint density at radius 3 is 2.42 bits per heavy atom. The Morgan fingerprint density at radius 1 is 1.33 bits per heavy atom. The van der Waals surface area contributed by atoms with E-state index in [-0.39, 0.29) is 30.9 Å². The van der Waals surface area contributed by atoms with Crippen molar-refractivity contribution in [1.29, 1.82) is 0 Å². The first-order chi connectivity index (χ1) is 10.5. The molecule has 3 rings (SSSR count). The number of carboxylic acid groups (broad SMARTS) is 1. The molecule has 1 saturated carbocycles. The molecule has 1 amide bonds. The van der Waals surface area contributed by atoms with Crippen LogP contribution in [0.4, 0.5) is 0 Å². The topological polar surface area (TPSA) is 88.3 Å². The van der Waals surface area contributed by atoms with Gasteiger partial charge in [0.15, 0.2) is 0 Å². The number of carboxylic acids is 1. The highest BCUT2D eigenvalue weighted by Crippen LogP contribution is 2.33. The fraction of sp³-hybridized carbons (Fsp3) is 0.467. The molecule has 2 aromatic heterocycles. The van der Waals surface area contributed by atoms with Gasteiger partial charge in [-0.3, -0.25) is 4.79 Å². The molecule has 0 aliphatic heterocycles. The minimum atomic E-state index is -0.894. The van der Waals surface area contributed by atoms with Crippen molar-refractivity contribution in [3.8, 4) is 0 Å². The van der Waals surface area contributed by atoms with E-state index in [2.05, 4.69) is 9.97 Å². The summed E-state index contributed by atoms with van der Waals surface area (Å²) in [7, 11) is 3.38. The van der Waals surface area contributed by atoms with Crippen molar-refractivity contribution in [3.05, 3.63) is 24.3 Å². The van der Waals surface area contributed by atoms with E-state index in [0.717, 1.165) is 43.1 Å². The van der Waals surface area contributed by atoms with Crippen molar-refractivity contribution in [2.75, 3.05) is 14.1 Å². The van der Waals surface area contributed by atoms with E-state index in [1.165, 1.54) is 11.2 Å². The third-order valence-corrected chi connectivity index (χ3v) is 3.62. The van der Waals surface area contributed by atoms with Crippen LogP contribution in [0.5, 0.6) is 0 Å². The standard InChI is InChI=1S/C12H13N3O2.C3H7NO.2ClH/c16-12(17)10-5-8-6-13-7-14-11(8)15(10)9-3-1-2-4-9;1-4(2)3-5;;/h5-7,9H,1-4H2,(H,16,17);3H,1-2H3;2*1H. The Morgan fingerprint density at radius 2 is 1.92 bits per heavy atom. The fourth-order valence-electron chi connectivity index (χ4n) is 2.66. The maximum Gasteiger partial charge on any atom is 0.352 e. The van der Waals surface area contributed by atoms with Crippen LogP contribution in [0, 0.1) is 0 Å². The van der Waals surface area contributed by atoms with Crippen LogP contribution in [0.1, 0.15) is 42.2 Å².